The molecular formula is C16H19FN2. The summed E-state index contributed by atoms with van der Waals surface area (Å²) in [6, 6.07) is 14.7. The second-order valence-electron chi connectivity index (χ2n) is 4.60. The van der Waals surface area contributed by atoms with E-state index in [2.05, 4.69) is 11.8 Å². The summed E-state index contributed by atoms with van der Waals surface area (Å²) in [5.41, 5.74) is 9.02. The molecule has 0 unspecified atom stereocenters. The molecule has 0 heterocycles. The van der Waals surface area contributed by atoms with Crippen molar-refractivity contribution in [1.29, 1.82) is 0 Å². The number of benzene rings is 2. The summed E-state index contributed by atoms with van der Waals surface area (Å²) in [5.74, 6) is -0.216. The minimum atomic E-state index is -0.216. The molecule has 0 saturated heterocycles. The number of nitrogens with zero attached hydrogens (tertiary/aromatic N) is 1. The van der Waals surface area contributed by atoms with Crippen molar-refractivity contribution in [2.24, 2.45) is 5.73 Å². The molecule has 100 valence electrons. The minimum Gasteiger partial charge on any atom is -0.342 e. The number of halogens is 1. The van der Waals surface area contributed by atoms with E-state index in [4.69, 9.17) is 5.73 Å². The van der Waals surface area contributed by atoms with Crippen LogP contribution in [0.5, 0.6) is 0 Å². The fraction of sp³-hybridized carbons (Fsp3) is 0.250. The third kappa shape index (κ3) is 3.12. The zero-order valence-electron chi connectivity index (χ0n) is 11.3. The molecule has 0 amide bonds. The molecule has 3 heteroatoms. The first-order chi connectivity index (χ1) is 9.11. The highest BCUT2D eigenvalue weighted by atomic mass is 19.1. The Kier molecular flexibility index (Phi) is 4.17. The standard InChI is InChI=1S/C16H19FN2/c1-3-19(16-10-6-14(17)7-11-16)15-8-4-13(5-9-15)12(2)18/h4-12H,3,18H2,1-2H3/t12-/m1/s1. The van der Waals surface area contributed by atoms with E-state index in [0.29, 0.717) is 0 Å². The molecule has 0 radical (unpaired) electrons. The Hall–Kier alpha value is -1.87. The minimum absolute atomic E-state index is 0.0370. The molecule has 0 aromatic heterocycles. The van der Waals surface area contributed by atoms with Crippen molar-refractivity contribution in [3.8, 4) is 0 Å². The topological polar surface area (TPSA) is 29.3 Å². The number of rotatable bonds is 4. The Balaban J connectivity index is 2.28. The summed E-state index contributed by atoms with van der Waals surface area (Å²) in [4.78, 5) is 2.13. The Morgan fingerprint density at radius 3 is 1.89 bits per heavy atom. The number of hydrogen-bond acceptors (Lipinski definition) is 2. The van der Waals surface area contributed by atoms with E-state index in [1.165, 1.54) is 12.1 Å². The Morgan fingerprint density at radius 2 is 1.47 bits per heavy atom. The molecule has 0 aliphatic carbocycles. The van der Waals surface area contributed by atoms with Crippen molar-refractivity contribution in [1.82, 2.24) is 0 Å². The van der Waals surface area contributed by atoms with Gasteiger partial charge in [-0.2, -0.15) is 0 Å². The maximum Gasteiger partial charge on any atom is 0.123 e. The monoisotopic (exact) mass is 258 g/mol. The smallest absolute Gasteiger partial charge is 0.123 e. The molecule has 0 spiro atoms. The fourth-order valence-electron chi connectivity index (χ4n) is 2.09. The number of nitrogens with two attached hydrogens (primary N) is 1. The van der Waals surface area contributed by atoms with Gasteiger partial charge in [-0.05, 0) is 55.8 Å². The van der Waals surface area contributed by atoms with Gasteiger partial charge in [-0.25, -0.2) is 4.39 Å². The highest BCUT2D eigenvalue weighted by Crippen LogP contribution is 2.26. The molecular weight excluding hydrogens is 239 g/mol. The Bertz CT molecular complexity index is 517. The molecule has 0 saturated carbocycles. The van der Waals surface area contributed by atoms with Gasteiger partial charge in [0.25, 0.3) is 0 Å². The fourth-order valence-corrected chi connectivity index (χ4v) is 2.09. The van der Waals surface area contributed by atoms with Gasteiger partial charge < -0.3 is 10.6 Å². The van der Waals surface area contributed by atoms with Crippen molar-refractivity contribution in [2.75, 3.05) is 11.4 Å². The predicted molar refractivity (Wildman–Crippen MR) is 78.1 cm³/mol. The SMILES string of the molecule is CCN(c1ccc(F)cc1)c1ccc([C@@H](C)N)cc1. The lowest BCUT2D eigenvalue weighted by Gasteiger charge is -2.23. The van der Waals surface area contributed by atoms with E-state index >= 15 is 0 Å². The van der Waals surface area contributed by atoms with Crippen molar-refractivity contribution in [3.63, 3.8) is 0 Å². The molecule has 2 rings (SSSR count). The van der Waals surface area contributed by atoms with E-state index in [0.717, 1.165) is 23.5 Å². The van der Waals surface area contributed by atoms with Crippen LogP contribution in [0.15, 0.2) is 48.5 Å². The quantitative estimate of drug-likeness (QED) is 0.898. The molecule has 0 bridgehead atoms. The van der Waals surface area contributed by atoms with Crippen LogP contribution in [0, 0.1) is 5.82 Å². The first kappa shape index (κ1) is 13.6. The second-order valence-corrected chi connectivity index (χ2v) is 4.60. The van der Waals surface area contributed by atoms with Crippen LogP contribution < -0.4 is 10.6 Å². The largest absolute Gasteiger partial charge is 0.342 e. The van der Waals surface area contributed by atoms with Gasteiger partial charge in [-0.1, -0.05) is 12.1 Å². The van der Waals surface area contributed by atoms with Crippen molar-refractivity contribution in [2.45, 2.75) is 19.9 Å². The van der Waals surface area contributed by atoms with Gasteiger partial charge in [0, 0.05) is 24.0 Å². The lowest BCUT2D eigenvalue weighted by molar-refractivity contribution is 0.628. The van der Waals surface area contributed by atoms with Crippen molar-refractivity contribution >= 4 is 11.4 Å². The summed E-state index contributed by atoms with van der Waals surface area (Å²) in [5, 5.41) is 0. The summed E-state index contributed by atoms with van der Waals surface area (Å²) >= 11 is 0. The maximum atomic E-state index is 13.0. The van der Waals surface area contributed by atoms with E-state index in [-0.39, 0.29) is 11.9 Å². The van der Waals surface area contributed by atoms with Gasteiger partial charge in [0.05, 0.1) is 0 Å². The average molecular weight is 258 g/mol. The van der Waals surface area contributed by atoms with E-state index in [1.807, 2.05) is 31.2 Å². The molecule has 0 aliphatic rings. The van der Waals surface area contributed by atoms with E-state index in [1.54, 1.807) is 12.1 Å². The first-order valence-electron chi connectivity index (χ1n) is 6.50. The molecule has 2 aromatic carbocycles. The molecule has 2 nitrogen and oxygen atoms in total. The van der Waals surface area contributed by atoms with Gasteiger partial charge in [0.1, 0.15) is 5.82 Å². The second kappa shape index (κ2) is 5.85. The third-order valence-corrected chi connectivity index (χ3v) is 3.19. The van der Waals surface area contributed by atoms with Gasteiger partial charge in [0.15, 0.2) is 0 Å². The lowest BCUT2D eigenvalue weighted by Crippen LogP contribution is -2.16. The van der Waals surface area contributed by atoms with Crippen molar-refractivity contribution in [3.05, 3.63) is 59.9 Å². The molecule has 0 fully saturated rings. The Morgan fingerprint density at radius 1 is 1.00 bits per heavy atom. The van der Waals surface area contributed by atoms with E-state index < -0.39 is 0 Å². The van der Waals surface area contributed by atoms with Gasteiger partial charge >= 0.3 is 0 Å². The van der Waals surface area contributed by atoms with Crippen LogP contribution in [0.4, 0.5) is 15.8 Å². The molecule has 19 heavy (non-hydrogen) atoms. The molecule has 2 N–H and O–H groups in total. The van der Waals surface area contributed by atoms with Crippen molar-refractivity contribution < 1.29 is 4.39 Å². The summed E-state index contributed by atoms with van der Waals surface area (Å²) in [7, 11) is 0. The summed E-state index contributed by atoms with van der Waals surface area (Å²) in [6.07, 6.45) is 0. The van der Waals surface area contributed by atoms with Crippen LogP contribution in [0.2, 0.25) is 0 Å². The van der Waals surface area contributed by atoms with Gasteiger partial charge in [-0.15, -0.1) is 0 Å². The first-order valence-corrected chi connectivity index (χ1v) is 6.50. The van der Waals surface area contributed by atoms with Crippen LogP contribution in [0.1, 0.15) is 25.5 Å². The summed E-state index contributed by atoms with van der Waals surface area (Å²) in [6.45, 7) is 4.86. The van der Waals surface area contributed by atoms with Crippen LogP contribution in [0.3, 0.4) is 0 Å². The average Bonchev–Trinajstić information content (AvgIpc) is 2.42. The van der Waals surface area contributed by atoms with Crippen LogP contribution in [-0.4, -0.2) is 6.54 Å². The highest BCUT2D eigenvalue weighted by molar-refractivity contribution is 5.63. The van der Waals surface area contributed by atoms with Gasteiger partial charge in [-0.3, -0.25) is 0 Å². The molecule has 2 aromatic rings. The number of anilines is 2. The van der Waals surface area contributed by atoms with Gasteiger partial charge in [0.2, 0.25) is 0 Å². The van der Waals surface area contributed by atoms with Crippen LogP contribution in [0.25, 0.3) is 0 Å². The van der Waals surface area contributed by atoms with E-state index in [9.17, 15) is 4.39 Å². The van der Waals surface area contributed by atoms with Crippen LogP contribution in [-0.2, 0) is 0 Å². The number of hydrogen-bond donors (Lipinski definition) is 1. The Labute approximate surface area is 113 Å². The zero-order valence-corrected chi connectivity index (χ0v) is 11.3. The predicted octanol–water partition coefficient (Wildman–Crippen LogP) is 4.00. The lowest BCUT2D eigenvalue weighted by atomic mass is 10.1. The molecule has 1 atom stereocenters. The normalized spacial score (nSPS) is 12.2. The highest BCUT2D eigenvalue weighted by Gasteiger charge is 2.08. The molecule has 0 aliphatic heterocycles. The summed E-state index contributed by atoms with van der Waals surface area (Å²) < 4.78 is 13.0. The third-order valence-electron chi connectivity index (χ3n) is 3.19. The zero-order chi connectivity index (χ0) is 13.8. The maximum absolute atomic E-state index is 13.0. The van der Waals surface area contributed by atoms with Crippen LogP contribution >= 0.6 is 0 Å².